The molecule has 0 aliphatic carbocycles. The normalized spacial score (nSPS) is 9.15. The molecule has 0 aliphatic rings. The van der Waals surface area contributed by atoms with Crippen molar-refractivity contribution in [3.63, 3.8) is 0 Å². The van der Waals surface area contributed by atoms with Gasteiger partial charge in [0.2, 0.25) is 6.54 Å². The first-order valence-corrected chi connectivity index (χ1v) is 4.12. The molecule has 0 amide bonds. The lowest BCUT2D eigenvalue weighted by Gasteiger charge is -1.96. The fraction of sp³-hybridized carbons (Fsp3) is 0.333. The topological polar surface area (TPSA) is 20.9 Å². The van der Waals surface area contributed by atoms with Gasteiger partial charge >= 0.3 is 0 Å². The van der Waals surface area contributed by atoms with Crippen molar-refractivity contribution in [1.29, 1.82) is 0 Å². The van der Waals surface area contributed by atoms with E-state index in [9.17, 15) is 4.79 Å². The number of halogens is 2. The number of hydrogen-bond donors (Lipinski definition) is 0. The highest BCUT2D eigenvalue weighted by Gasteiger charge is 2.09. The second-order valence-corrected chi connectivity index (χ2v) is 3.24. The molecule has 2 nitrogen and oxygen atoms in total. The summed E-state index contributed by atoms with van der Waals surface area (Å²) in [7, 11) is 0. The van der Waals surface area contributed by atoms with Crippen molar-refractivity contribution >= 4 is 17.4 Å². The third-order valence-corrected chi connectivity index (χ3v) is 1.86. The standard InChI is InChI=1S/C9H11ClNO.BrH/c1-7-3-4-11(6-8(2)12)9(10)5-7;/h3-5H,6H2,1-2H3;1H/q+1;/p-1. The molecule has 0 N–H and O–H groups in total. The number of nitrogens with zero attached hydrogens (tertiary/aromatic N) is 1. The summed E-state index contributed by atoms with van der Waals surface area (Å²) in [5, 5.41) is 0.602. The van der Waals surface area contributed by atoms with Crippen LogP contribution in [0.5, 0.6) is 0 Å². The summed E-state index contributed by atoms with van der Waals surface area (Å²) in [5.74, 6) is 0.103. The molecule has 13 heavy (non-hydrogen) atoms. The van der Waals surface area contributed by atoms with Gasteiger partial charge in [-0.25, -0.2) is 0 Å². The van der Waals surface area contributed by atoms with Crippen LogP contribution in [-0.4, -0.2) is 5.78 Å². The number of pyridine rings is 1. The third-order valence-electron chi connectivity index (χ3n) is 1.53. The predicted molar refractivity (Wildman–Crippen MR) is 47.1 cm³/mol. The van der Waals surface area contributed by atoms with Crippen LogP contribution in [0.25, 0.3) is 0 Å². The van der Waals surface area contributed by atoms with Gasteiger partial charge in [-0.2, -0.15) is 4.57 Å². The number of hydrogen-bond acceptors (Lipinski definition) is 1. The van der Waals surface area contributed by atoms with Crippen LogP contribution in [0.15, 0.2) is 18.3 Å². The third kappa shape index (κ3) is 3.87. The number of rotatable bonds is 2. The average Bonchev–Trinajstić information content (AvgIpc) is 1.94. The van der Waals surface area contributed by atoms with Crippen molar-refractivity contribution in [1.82, 2.24) is 0 Å². The molecule has 1 aromatic heterocycles. The smallest absolute Gasteiger partial charge is 0.275 e. The van der Waals surface area contributed by atoms with Crippen LogP contribution in [0, 0.1) is 6.92 Å². The molecule has 0 spiro atoms. The maximum atomic E-state index is 10.8. The first-order chi connectivity index (χ1) is 5.59. The van der Waals surface area contributed by atoms with E-state index in [0.717, 1.165) is 5.56 Å². The van der Waals surface area contributed by atoms with Crippen molar-refractivity contribution in [2.24, 2.45) is 0 Å². The number of aryl methyl sites for hydroxylation is 1. The van der Waals surface area contributed by atoms with E-state index in [1.165, 1.54) is 0 Å². The van der Waals surface area contributed by atoms with E-state index in [-0.39, 0.29) is 22.8 Å². The molecule has 0 bridgehead atoms. The van der Waals surface area contributed by atoms with Crippen molar-refractivity contribution < 1.29 is 26.3 Å². The Morgan fingerprint density at radius 3 is 2.69 bits per heavy atom. The number of carbonyl (C=O) groups is 1. The van der Waals surface area contributed by atoms with Gasteiger partial charge in [0.1, 0.15) is 0 Å². The number of ketones is 1. The van der Waals surface area contributed by atoms with Crippen molar-refractivity contribution in [3.05, 3.63) is 29.0 Å². The summed E-state index contributed by atoms with van der Waals surface area (Å²) < 4.78 is 1.72. The van der Waals surface area contributed by atoms with Gasteiger partial charge in [-0.1, -0.05) is 0 Å². The van der Waals surface area contributed by atoms with Gasteiger partial charge in [0.25, 0.3) is 5.15 Å². The van der Waals surface area contributed by atoms with E-state index in [2.05, 4.69) is 0 Å². The Hall–Kier alpha value is -0.410. The SMILES string of the molecule is CC(=O)C[n+]1ccc(C)cc1Cl.[Br-]. The molecule has 0 fully saturated rings. The van der Waals surface area contributed by atoms with Gasteiger partial charge in [-0.05, 0) is 24.1 Å². The number of Topliss-reactive ketones (excluding diaryl/α,β-unsaturated/α-hetero) is 1. The molecule has 4 heteroatoms. The van der Waals surface area contributed by atoms with Crippen molar-refractivity contribution in [2.45, 2.75) is 20.4 Å². The fourth-order valence-electron chi connectivity index (χ4n) is 0.966. The Bertz CT molecular complexity index is 314. The van der Waals surface area contributed by atoms with E-state index in [1.54, 1.807) is 11.5 Å². The Balaban J connectivity index is 0.00000144. The molecule has 0 saturated heterocycles. The second-order valence-electron chi connectivity index (χ2n) is 2.86. The zero-order valence-electron chi connectivity index (χ0n) is 7.55. The minimum atomic E-state index is 0. The van der Waals surface area contributed by atoms with Crippen molar-refractivity contribution in [2.75, 3.05) is 0 Å². The highest BCUT2D eigenvalue weighted by atomic mass is 79.9. The quantitative estimate of drug-likeness (QED) is 0.472. The highest BCUT2D eigenvalue weighted by Crippen LogP contribution is 2.03. The summed E-state index contributed by atoms with van der Waals surface area (Å²) in [4.78, 5) is 10.8. The van der Waals surface area contributed by atoms with Crippen LogP contribution in [-0.2, 0) is 11.3 Å². The van der Waals surface area contributed by atoms with Gasteiger partial charge in [0, 0.05) is 19.1 Å². The Morgan fingerprint density at radius 2 is 2.23 bits per heavy atom. The molecular weight excluding hydrogens is 253 g/mol. The lowest BCUT2D eigenvalue weighted by atomic mass is 10.3. The molecular formula is C9H11BrClNO. The van der Waals surface area contributed by atoms with Crippen LogP contribution in [0.2, 0.25) is 5.15 Å². The van der Waals surface area contributed by atoms with Crippen LogP contribution in [0.4, 0.5) is 0 Å². The summed E-state index contributed by atoms with van der Waals surface area (Å²) in [6.07, 6.45) is 1.82. The summed E-state index contributed by atoms with van der Waals surface area (Å²) in [6, 6.07) is 3.76. The van der Waals surface area contributed by atoms with E-state index < -0.39 is 0 Å². The summed E-state index contributed by atoms with van der Waals surface area (Å²) in [6.45, 7) is 3.85. The van der Waals surface area contributed by atoms with Gasteiger partial charge in [-0.3, -0.25) is 4.79 Å². The summed E-state index contributed by atoms with van der Waals surface area (Å²) in [5.41, 5.74) is 1.10. The van der Waals surface area contributed by atoms with E-state index in [0.29, 0.717) is 11.7 Å². The summed E-state index contributed by atoms with van der Waals surface area (Å²) >= 11 is 5.88. The monoisotopic (exact) mass is 263 g/mol. The Morgan fingerprint density at radius 1 is 1.62 bits per heavy atom. The first kappa shape index (κ1) is 12.6. The number of aromatic nitrogens is 1. The predicted octanol–water partition coefficient (Wildman–Crippen LogP) is -1.47. The minimum Gasteiger partial charge on any atom is -1.00 e. The zero-order valence-corrected chi connectivity index (χ0v) is 9.89. The Kier molecular flexibility index (Phi) is 5.18. The van der Waals surface area contributed by atoms with Gasteiger partial charge < -0.3 is 17.0 Å². The van der Waals surface area contributed by atoms with E-state index in [4.69, 9.17) is 11.6 Å². The van der Waals surface area contributed by atoms with Gasteiger partial charge in [0.15, 0.2) is 12.0 Å². The largest absolute Gasteiger partial charge is 1.00 e. The molecule has 0 unspecified atom stereocenters. The molecule has 0 atom stereocenters. The molecule has 1 rings (SSSR count). The molecule has 1 heterocycles. The number of carbonyl (C=O) groups excluding carboxylic acids is 1. The van der Waals surface area contributed by atoms with Crippen LogP contribution in [0.3, 0.4) is 0 Å². The first-order valence-electron chi connectivity index (χ1n) is 3.74. The maximum Gasteiger partial charge on any atom is 0.275 e. The Labute approximate surface area is 93.3 Å². The van der Waals surface area contributed by atoms with Crippen LogP contribution in [0.1, 0.15) is 12.5 Å². The molecule has 1 aromatic rings. The van der Waals surface area contributed by atoms with E-state index in [1.807, 2.05) is 25.3 Å². The molecule has 0 saturated carbocycles. The maximum absolute atomic E-state index is 10.8. The fourth-order valence-corrected chi connectivity index (χ4v) is 1.25. The lowest BCUT2D eigenvalue weighted by Crippen LogP contribution is -3.00. The van der Waals surface area contributed by atoms with Gasteiger partial charge in [-0.15, -0.1) is 0 Å². The van der Waals surface area contributed by atoms with Crippen molar-refractivity contribution in [3.8, 4) is 0 Å². The van der Waals surface area contributed by atoms with Crippen LogP contribution < -0.4 is 21.5 Å². The minimum absolute atomic E-state index is 0. The van der Waals surface area contributed by atoms with Gasteiger partial charge in [0.05, 0.1) is 0 Å². The zero-order chi connectivity index (χ0) is 9.14. The van der Waals surface area contributed by atoms with Crippen LogP contribution >= 0.6 is 11.6 Å². The molecule has 0 aromatic carbocycles. The lowest BCUT2D eigenvalue weighted by molar-refractivity contribution is -0.682. The van der Waals surface area contributed by atoms with E-state index >= 15 is 0 Å². The molecule has 0 aliphatic heterocycles. The molecule has 0 radical (unpaired) electrons. The second kappa shape index (κ2) is 5.35. The average molecular weight is 265 g/mol. The molecule has 72 valence electrons. The highest BCUT2D eigenvalue weighted by molar-refractivity contribution is 6.28.